The first-order valence-corrected chi connectivity index (χ1v) is 10.0. The molecule has 22 heavy (non-hydrogen) atoms. The molecule has 2 atom stereocenters. The van der Waals surface area contributed by atoms with Crippen LogP contribution >= 0.6 is 0 Å². The fourth-order valence-corrected chi connectivity index (χ4v) is 3.47. The van der Waals surface area contributed by atoms with Crippen LogP contribution in [0.15, 0.2) is 0 Å². The van der Waals surface area contributed by atoms with E-state index in [0.717, 1.165) is 12.8 Å². The zero-order valence-electron chi connectivity index (χ0n) is 14.7. The van der Waals surface area contributed by atoms with Crippen LogP contribution in [0, 0.1) is 0 Å². The molecule has 0 spiro atoms. The number of aliphatic hydroxyl groups excluding tert-OH is 1. The molecule has 0 fully saturated rings. The average Bonchev–Trinajstić information content (AvgIpc) is 2.41. The van der Waals surface area contributed by atoms with Crippen LogP contribution < -0.4 is 51.4 Å². The van der Waals surface area contributed by atoms with Gasteiger partial charge >= 0.3 is 51.4 Å². The predicted molar refractivity (Wildman–Crippen MR) is 86.2 cm³/mol. The second-order valence-corrected chi connectivity index (χ2v) is 7.68. The van der Waals surface area contributed by atoms with E-state index in [0.29, 0.717) is 6.42 Å². The Hall–Kier alpha value is 1.51. The van der Waals surface area contributed by atoms with Gasteiger partial charge in [-0.1, -0.05) is 71.6 Å². The van der Waals surface area contributed by atoms with E-state index >= 15 is 0 Å². The molecule has 4 nitrogen and oxygen atoms in total. The first-order chi connectivity index (χ1) is 9.91. The molecular weight excluding hydrogens is 327 g/mol. The maximum atomic E-state index is 11.0. The molecular formula is C16H33KO4S. The number of hydrogen-bond acceptors (Lipinski definition) is 4. The molecule has 0 aliphatic rings. The maximum absolute atomic E-state index is 11.0. The molecule has 0 heterocycles. The molecule has 128 valence electrons. The predicted octanol–water partition coefficient (Wildman–Crippen LogP) is 0.986. The van der Waals surface area contributed by atoms with Gasteiger partial charge in [0.2, 0.25) is 0 Å². The monoisotopic (exact) mass is 360 g/mol. The van der Waals surface area contributed by atoms with Gasteiger partial charge in [0.25, 0.3) is 0 Å². The third-order valence-electron chi connectivity index (χ3n) is 4.04. The Morgan fingerprint density at radius 3 is 1.77 bits per heavy atom. The Morgan fingerprint density at radius 1 is 0.909 bits per heavy atom. The second-order valence-electron chi connectivity index (χ2n) is 6.03. The van der Waals surface area contributed by atoms with Crippen molar-refractivity contribution in [2.75, 3.05) is 0 Å². The Balaban J connectivity index is 0. The molecule has 0 amide bonds. The number of rotatable bonds is 14. The van der Waals surface area contributed by atoms with Gasteiger partial charge < -0.3 is 9.66 Å². The summed E-state index contributed by atoms with van der Waals surface area (Å²) in [5.74, 6) is 0. The minimum absolute atomic E-state index is 0. The molecule has 0 aromatic rings. The van der Waals surface area contributed by atoms with Gasteiger partial charge in [0.05, 0.1) is 21.5 Å². The van der Waals surface area contributed by atoms with Gasteiger partial charge in [-0.05, 0) is 19.3 Å². The van der Waals surface area contributed by atoms with Crippen LogP contribution in [-0.2, 0) is 10.1 Å². The van der Waals surface area contributed by atoms with Gasteiger partial charge in [-0.25, -0.2) is 8.42 Å². The van der Waals surface area contributed by atoms with E-state index in [2.05, 4.69) is 6.92 Å². The third kappa shape index (κ3) is 15.1. The summed E-state index contributed by atoms with van der Waals surface area (Å²) < 4.78 is 32.9. The van der Waals surface area contributed by atoms with Crippen LogP contribution in [0.1, 0.15) is 90.9 Å². The standard InChI is InChI=1S/C16H34O4S.K/c1-3-5-6-7-8-9-10-11-12-13-15(17)14-16(4-2)21(18,19)20;/h15-17H,3-14H2,1-2H3,(H,18,19,20);/q;+1/p-1. The topological polar surface area (TPSA) is 77.4 Å². The first kappa shape index (κ1) is 25.7. The fraction of sp³-hybridized carbons (Fsp3) is 1.00. The van der Waals surface area contributed by atoms with E-state index in [1.807, 2.05) is 0 Å². The van der Waals surface area contributed by atoms with E-state index in [1.165, 1.54) is 44.9 Å². The van der Waals surface area contributed by atoms with Crippen LogP contribution in [0.3, 0.4) is 0 Å². The third-order valence-corrected chi connectivity index (χ3v) is 5.38. The molecule has 0 bridgehead atoms. The summed E-state index contributed by atoms with van der Waals surface area (Å²) in [5.41, 5.74) is 0. The zero-order valence-corrected chi connectivity index (χ0v) is 18.7. The molecule has 0 aromatic carbocycles. The second kappa shape index (κ2) is 16.0. The van der Waals surface area contributed by atoms with Crippen molar-refractivity contribution in [1.82, 2.24) is 0 Å². The number of hydrogen-bond donors (Lipinski definition) is 1. The van der Waals surface area contributed by atoms with Crippen LogP contribution in [-0.4, -0.2) is 29.4 Å². The molecule has 1 N–H and O–H groups in total. The quantitative estimate of drug-likeness (QED) is 0.285. The Kier molecular flexibility index (Phi) is 18.7. The van der Waals surface area contributed by atoms with Crippen LogP contribution in [0.25, 0.3) is 0 Å². The Bertz CT molecular complexity index is 333. The minimum Gasteiger partial charge on any atom is -0.748 e. The molecule has 2 unspecified atom stereocenters. The van der Waals surface area contributed by atoms with Gasteiger partial charge in [-0.3, -0.25) is 0 Å². The van der Waals surface area contributed by atoms with Gasteiger partial charge in [-0.2, -0.15) is 0 Å². The van der Waals surface area contributed by atoms with Gasteiger partial charge in [0.1, 0.15) is 0 Å². The van der Waals surface area contributed by atoms with Crippen LogP contribution in [0.2, 0.25) is 0 Å². The molecule has 0 aliphatic carbocycles. The first-order valence-electron chi connectivity index (χ1n) is 8.54. The van der Waals surface area contributed by atoms with Crippen molar-refractivity contribution in [3.05, 3.63) is 0 Å². The van der Waals surface area contributed by atoms with Crippen molar-refractivity contribution in [2.45, 2.75) is 102 Å². The normalized spacial score (nSPS) is 14.4. The van der Waals surface area contributed by atoms with E-state index in [1.54, 1.807) is 6.92 Å². The maximum Gasteiger partial charge on any atom is 1.00 e. The van der Waals surface area contributed by atoms with E-state index in [-0.39, 0.29) is 64.2 Å². The van der Waals surface area contributed by atoms with Gasteiger partial charge in [-0.15, -0.1) is 0 Å². The smallest absolute Gasteiger partial charge is 0.748 e. The molecule has 0 saturated heterocycles. The van der Waals surface area contributed by atoms with E-state index < -0.39 is 21.5 Å². The van der Waals surface area contributed by atoms with Crippen molar-refractivity contribution in [3.8, 4) is 0 Å². The number of unbranched alkanes of at least 4 members (excludes halogenated alkanes) is 8. The summed E-state index contributed by atoms with van der Waals surface area (Å²) >= 11 is 0. The molecule has 0 radical (unpaired) electrons. The SMILES string of the molecule is CCCCCCCCCCCC(O)CC(CC)S(=O)(=O)[O-].[K+]. The molecule has 0 rings (SSSR count). The van der Waals surface area contributed by atoms with Gasteiger partial charge in [0.15, 0.2) is 0 Å². The summed E-state index contributed by atoms with van der Waals surface area (Å²) in [7, 11) is -4.27. The van der Waals surface area contributed by atoms with Crippen molar-refractivity contribution in [1.29, 1.82) is 0 Å². The summed E-state index contributed by atoms with van der Waals surface area (Å²) in [6.45, 7) is 3.89. The summed E-state index contributed by atoms with van der Waals surface area (Å²) in [6, 6.07) is 0. The van der Waals surface area contributed by atoms with Crippen LogP contribution in [0.5, 0.6) is 0 Å². The summed E-state index contributed by atoms with van der Waals surface area (Å²) in [4.78, 5) is 0. The molecule has 0 saturated carbocycles. The van der Waals surface area contributed by atoms with Crippen molar-refractivity contribution >= 4 is 10.1 Å². The average molecular weight is 361 g/mol. The summed E-state index contributed by atoms with van der Waals surface area (Å²) in [6.07, 6.45) is 11.2. The van der Waals surface area contributed by atoms with Crippen molar-refractivity contribution in [3.63, 3.8) is 0 Å². The van der Waals surface area contributed by atoms with Crippen LogP contribution in [0.4, 0.5) is 0 Å². The van der Waals surface area contributed by atoms with Crippen molar-refractivity contribution in [2.24, 2.45) is 0 Å². The zero-order chi connectivity index (χ0) is 16.1. The molecule has 6 heteroatoms. The minimum atomic E-state index is -4.27. The fourth-order valence-electron chi connectivity index (χ4n) is 2.60. The number of aliphatic hydroxyl groups is 1. The molecule has 0 aliphatic heterocycles. The Labute approximate surface area is 180 Å². The van der Waals surface area contributed by atoms with Crippen molar-refractivity contribution < 1.29 is 69.5 Å². The van der Waals surface area contributed by atoms with E-state index in [4.69, 9.17) is 0 Å². The summed E-state index contributed by atoms with van der Waals surface area (Å²) in [5, 5.41) is 8.87. The Morgan fingerprint density at radius 2 is 1.36 bits per heavy atom. The largest absolute Gasteiger partial charge is 1.00 e. The van der Waals surface area contributed by atoms with Gasteiger partial charge in [0, 0.05) is 0 Å². The van der Waals surface area contributed by atoms with E-state index in [9.17, 15) is 18.1 Å². The molecule has 0 aromatic heterocycles.